The van der Waals surface area contributed by atoms with Crippen LogP contribution >= 0.6 is 0 Å². The fourth-order valence-electron chi connectivity index (χ4n) is 1.73. The lowest BCUT2D eigenvalue weighted by atomic mass is 10.0. The molecule has 0 atom stereocenters. The maximum atomic E-state index is 9.82. The summed E-state index contributed by atoms with van der Waals surface area (Å²) in [5.74, 6) is 1.04. The average Bonchev–Trinajstić information content (AvgIpc) is 2.29. The fraction of sp³-hybridized carbons (Fsp3) is 0.143. The van der Waals surface area contributed by atoms with Gasteiger partial charge < -0.3 is 9.84 Å². The van der Waals surface area contributed by atoms with Gasteiger partial charge in [-0.2, -0.15) is 0 Å². The Hall–Kier alpha value is -1.96. The van der Waals surface area contributed by atoms with Crippen LogP contribution in [-0.4, -0.2) is 12.2 Å². The van der Waals surface area contributed by atoms with Crippen LogP contribution in [0.4, 0.5) is 0 Å². The summed E-state index contributed by atoms with van der Waals surface area (Å²) in [4.78, 5) is 0. The van der Waals surface area contributed by atoms with Gasteiger partial charge in [0.05, 0.1) is 7.11 Å². The van der Waals surface area contributed by atoms with Crippen LogP contribution in [0.15, 0.2) is 42.5 Å². The van der Waals surface area contributed by atoms with E-state index in [1.54, 1.807) is 19.2 Å². The molecule has 82 valence electrons. The maximum absolute atomic E-state index is 9.82. The molecule has 16 heavy (non-hydrogen) atoms. The summed E-state index contributed by atoms with van der Waals surface area (Å²) < 4.78 is 5.30. The Balaban J connectivity index is 2.63. The molecule has 2 nitrogen and oxygen atoms in total. The van der Waals surface area contributed by atoms with Crippen molar-refractivity contribution in [3.63, 3.8) is 0 Å². The van der Waals surface area contributed by atoms with E-state index in [4.69, 9.17) is 4.74 Å². The van der Waals surface area contributed by atoms with Gasteiger partial charge in [0.25, 0.3) is 0 Å². The molecule has 1 N–H and O–H groups in total. The Labute approximate surface area is 95.1 Å². The third-order valence-corrected chi connectivity index (χ3v) is 2.55. The van der Waals surface area contributed by atoms with Crippen LogP contribution in [0.2, 0.25) is 0 Å². The second-order valence-corrected chi connectivity index (χ2v) is 3.72. The first kappa shape index (κ1) is 10.6. The van der Waals surface area contributed by atoms with E-state index >= 15 is 0 Å². The van der Waals surface area contributed by atoms with Gasteiger partial charge in [-0.1, -0.05) is 29.8 Å². The van der Waals surface area contributed by atoms with Crippen LogP contribution in [0, 0.1) is 6.92 Å². The molecular formula is C14H14O2. The molecule has 2 aromatic rings. The van der Waals surface area contributed by atoms with Crippen molar-refractivity contribution in [1.82, 2.24) is 0 Å². The molecule has 0 heterocycles. The van der Waals surface area contributed by atoms with E-state index in [9.17, 15) is 5.11 Å². The van der Waals surface area contributed by atoms with Gasteiger partial charge in [-0.25, -0.2) is 0 Å². The minimum absolute atomic E-state index is 0.270. The number of aromatic hydroxyl groups is 1. The van der Waals surface area contributed by atoms with E-state index in [1.165, 1.54) is 0 Å². The van der Waals surface area contributed by atoms with Crippen molar-refractivity contribution in [3.05, 3.63) is 48.0 Å². The predicted molar refractivity (Wildman–Crippen MR) is 64.8 cm³/mol. The zero-order valence-corrected chi connectivity index (χ0v) is 9.40. The number of hydrogen-bond donors (Lipinski definition) is 1. The van der Waals surface area contributed by atoms with Crippen LogP contribution < -0.4 is 4.74 Å². The number of benzene rings is 2. The first-order chi connectivity index (χ1) is 7.72. The molecule has 0 radical (unpaired) electrons. The normalized spacial score (nSPS) is 10.1. The van der Waals surface area contributed by atoms with E-state index in [-0.39, 0.29) is 5.75 Å². The monoisotopic (exact) mass is 214 g/mol. The van der Waals surface area contributed by atoms with Crippen LogP contribution in [0.3, 0.4) is 0 Å². The Morgan fingerprint density at radius 3 is 2.44 bits per heavy atom. The lowest BCUT2D eigenvalue weighted by Crippen LogP contribution is -1.89. The molecule has 0 spiro atoms. The summed E-state index contributed by atoms with van der Waals surface area (Å²) in [7, 11) is 1.63. The molecule has 2 aromatic carbocycles. The molecular weight excluding hydrogens is 200 g/mol. The van der Waals surface area contributed by atoms with Crippen LogP contribution in [0.1, 0.15) is 5.56 Å². The number of hydrogen-bond acceptors (Lipinski definition) is 2. The lowest BCUT2D eigenvalue weighted by Gasteiger charge is -2.10. The molecule has 0 aliphatic rings. The molecule has 0 aliphatic heterocycles. The molecule has 2 heteroatoms. The highest BCUT2D eigenvalue weighted by molar-refractivity contribution is 5.75. The largest absolute Gasteiger partial charge is 0.507 e. The zero-order valence-electron chi connectivity index (χ0n) is 9.40. The number of rotatable bonds is 2. The predicted octanol–water partition coefficient (Wildman–Crippen LogP) is 3.38. The molecule has 0 unspecified atom stereocenters. The molecule has 0 amide bonds. The van der Waals surface area contributed by atoms with Crippen LogP contribution in [0.5, 0.6) is 11.5 Å². The first-order valence-electron chi connectivity index (χ1n) is 5.15. The van der Waals surface area contributed by atoms with E-state index in [0.717, 1.165) is 22.4 Å². The van der Waals surface area contributed by atoms with Gasteiger partial charge in [0.1, 0.15) is 11.5 Å². The molecule has 0 aromatic heterocycles. The van der Waals surface area contributed by atoms with Gasteiger partial charge in [0, 0.05) is 11.1 Å². The van der Waals surface area contributed by atoms with E-state index in [1.807, 2.05) is 37.3 Å². The third kappa shape index (κ3) is 1.87. The summed E-state index contributed by atoms with van der Waals surface area (Å²) in [5, 5.41) is 9.82. The molecule has 0 aliphatic carbocycles. The Bertz CT molecular complexity index is 504. The van der Waals surface area contributed by atoms with Gasteiger partial charge in [0.2, 0.25) is 0 Å². The summed E-state index contributed by atoms with van der Waals surface area (Å²) >= 11 is 0. The maximum Gasteiger partial charge on any atom is 0.126 e. The van der Waals surface area contributed by atoms with Crippen molar-refractivity contribution < 1.29 is 9.84 Å². The second-order valence-electron chi connectivity index (χ2n) is 3.72. The van der Waals surface area contributed by atoms with Crippen molar-refractivity contribution in [2.75, 3.05) is 7.11 Å². The number of phenols is 1. The summed E-state index contributed by atoms with van der Waals surface area (Å²) in [5.41, 5.74) is 2.85. The minimum atomic E-state index is 0.270. The average molecular weight is 214 g/mol. The third-order valence-electron chi connectivity index (χ3n) is 2.55. The van der Waals surface area contributed by atoms with Gasteiger partial charge in [-0.15, -0.1) is 0 Å². The van der Waals surface area contributed by atoms with Gasteiger partial charge >= 0.3 is 0 Å². The van der Waals surface area contributed by atoms with Gasteiger partial charge in [-0.3, -0.25) is 0 Å². The second kappa shape index (κ2) is 4.27. The highest BCUT2D eigenvalue weighted by atomic mass is 16.5. The standard InChI is InChI=1S/C14H14O2/c1-10-7-8-14(16-2)12(9-10)11-5-3-4-6-13(11)15/h3-9,15H,1-2H3. The SMILES string of the molecule is COc1ccc(C)cc1-c1ccccc1O. The highest BCUT2D eigenvalue weighted by Gasteiger charge is 2.09. The summed E-state index contributed by atoms with van der Waals surface area (Å²) in [6.45, 7) is 2.02. The smallest absolute Gasteiger partial charge is 0.126 e. The summed E-state index contributed by atoms with van der Waals surface area (Å²) in [6, 6.07) is 13.2. The number of aryl methyl sites for hydroxylation is 1. The molecule has 0 bridgehead atoms. The van der Waals surface area contributed by atoms with Crippen LogP contribution in [0.25, 0.3) is 11.1 Å². The topological polar surface area (TPSA) is 29.5 Å². The van der Waals surface area contributed by atoms with Crippen molar-refractivity contribution in [3.8, 4) is 22.6 Å². The van der Waals surface area contributed by atoms with Crippen molar-refractivity contribution >= 4 is 0 Å². The Morgan fingerprint density at radius 2 is 1.75 bits per heavy atom. The van der Waals surface area contributed by atoms with Crippen molar-refractivity contribution in [2.24, 2.45) is 0 Å². The Kier molecular flexibility index (Phi) is 2.82. The highest BCUT2D eigenvalue weighted by Crippen LogP contribution is 2.35. The quantitative estimate of drug-likeness (QED) is 0.830. The minimum Gasteiger partial charge on any atom is -0.507 e. The molecule has 2 rings (SSSR count). The molecule has 0 saturated heterocycles. The lowest BCUT2D eigenvalue weighted by molar-refractivity contribution is 0.415. The van der Waals surface area contributed by atoms with Crippen molar-refractivity contribution in [1.29, 1.82) is 0 Å². The number of ether oxygens (including phenoxy) is 1. The molecule has 0 fully saturated rings. The first-order valence-corrected chi connectivity index (χ1v) is 5.15. The van der Waals surface area contributed by atoms with E-state index in [0.29, 0.717) is 0 Å². The van der Waals surface area contributed by atoms with Crippen LogP contribution in [-0.2, 0) is 0 Å². The summed E-state index contributed by atoms with van der Waals surface area (Å²) in [6.07, 6.45) is 0. The van der Waals surface area contributed by atoms with E-state index in [2.05, 4.69) is 0 Å². The van der Waals surface area contributed by atoms with Crippen molar-refractivity contribution in [2.45, 2.75) is 6.92 Å². The molecule has 0 saturated carbocycles. The zero-order chi connectivity index (χ0) is 11.5. The fourth-order valence-corrected chi connectivity index (χ4v) is 1.73. The van der Waals surface area contributed by atoms with E-state index < -0.39 is 0 Å². The number of para-hydroxylation sites is 1. The Morgan fingerprint density at radius 1 is 1.00 bits per heavy atom. The number of phenolic OH excluding ortho intramolecular Hbond substituents is 1. The van der Waals surface area contributed by atoms with Gasteiger partial charge in [0.15, 0.2) is 0 Å². The number of methoxy groups -OCH3 is 1. The van der Waals surface area contributed by atoms with Gasteiger partial charge in [-0.05, 0) is 25.1 Å².